The Bertz CT molecular complexity index is 782. The fourth-order valence-electron chi connectivity index (χ4n) is 2.86. The van der Waals surface area contributed by atoms with Gasteiger partial charge in [0.15, 0.2) is 11.6 Å². The molecule has 2 aromatic rings. The second-order valence-electron chi connectivity index (χ2n) is 6.09. The topological polar surface area (TPSA) is 75.4 Å². The number of rotatable bonds is 5. The van der Waals surface area contributed by atoms with E-state index >= 15 is 0 Å². The molecule has 6 heteroatoms. The van der Waals surface area contributed by atoms with Crippen molar-refractivity contribution in [1.82, 2.24) is 10.3 Å². The molecule has 0 saturated heterocycles. The number of aromatic nitrogens is 1. The number of amides is 2. The summed E-state index contributed by atoms with van der Waals surface area (Å²) in [5.41, 5.74) is 3.18. The molecular formula is C18H21N3O3. The van der Waals surface area contributed by atoms with E-state index in [0.717, 1.165) is 29.7 Å². The molecule has 0 spiro atoms. The van der Waals surface area contributed by atoms with Crippen LogP contribution < -0.4 is 10.2 Å². The summed E-state index contributed by atoms with van der Waals surface area (Å²) in [6, 6.07) is 5.65. The molecule has 1 aromatic carbocycles. The first-order valence-electron chi connectivity index (χ1n) is 8.14. The largest absolute Gasteiger partial charge is 0.448 e. The molecule has 1 atom stereocenters. The number of nitrogens with one attached hydrogen (secondary N) is 1. The van der Waals surface area contributed by atoms with Gasteiger partial charge in [0.1, 0.15) is 6.26 Å². The highest BCUT2D eigenvalue weighted by atomic mass is 16.3. The first-order chi connectivity index (χ1) is 11.5. The SMILES string of the molecule is CCCc1nc(C(=O)NC(C)c2ccc3c(c2)CC(=O)N3C)co1. The van der Waals surface area contributed by atoms with Crippen molar-refractivity contribution in [2.45, 2.75) is 39.2 Å². The van der Waals surface area contributed by atoms with Crippen molar-refractivity contribution in [3.63, 3.8) is 0 Å². The van der Waals surface area contributed by atoms with Crippen molar-refractivity contribution in [1.29, 1.82) is 0 Å². The molecule has 24 heavy (non-hydrogen) atoms. The molecule has 0 bridgehead atoms. The van der Waals surface area contributed by atoms with E-state index in [0.29, 0.717) is 18.0 Å². The normalized spacial score (nSPS) is 14.6. The van der Waals surface area contributed by atoms with Gasteiger partial charge in [0.25, 0.3) is 5.91 Å². The number of carbonyl (C=O) groups is 2. The number of anilines is 1. The number of nitrogens with zero attached hydrogens (tertiary/aromatic N) is 2. The van der Waals surface area contributed by atoms with Crippen molar-refractivity contribution in [3.05, 3.63) is 47.2 Å². The summed E-state index contributed by atoms with van der Waals surface area (Å²) in [5, 5.41) is 2.92. The van der Waals surface area contributed by atoms with Crippen LogP contribution >= 0.6 is 0 Å². The summed E-state index contributed by atoms with van der Waals surface area (Å²) >= 11 is 0. The van der Waals surface area contributed by atoms with Crippen LogP contribution in [0.25, 0.3) is 0 Å². The molecule has 1 aliphatic rings. The summed E-state index contributed by atoms with van der Waals surface area (Å²) < 4.78 is 5.28. The molecule has 2 amide bonds. The first kappa shape index (κ1) is 16.2. The molecule has 2 heterocycles. The van der Waals surface area contributed by atoms with E-state index in [4.69, 9.17) is 4.42 Å². The van der Waals surface area contributed by atoms with Crippen molar-refractivity contribution < 1.29 is 14.0 Å². The van der Waals surface area contributed by atoms with Gasteiger partial charge in [0, 0.05) is 19.2 Å². The molecule has 3 rings (SSSR count). The molecule has 1 aromatic heterocycles. The lowest BCUT2D eigenvalue weighted by Crippen LogP contribution is -2.27. The first-order valence-corrected chi connectivity index (χ1v) is 8.14. The van der Waals surface area contributed by atoms with Gasteiger partial charge in [0.2, 0.25) is 5.91 Å². The standard InChI is InChI=1S/C18H21N3O3/c1-4-5-16-20-14(10-24-16)18(23)19-11(2)12-6-7-15-13(8-12)9-17(22)21(15)3/h6-8,10-11H,4-5,9H2,1-3H3,(H,19,23). The maximum absolute atomic E-state index is 12.3. The molecule has 1 N–H and O–H groups in total. The molecule has 0 aliphatic carbocycles. The van der Waals surface area contributed by atoms with Gasteiger partial charge < -0.3 is 14.6 Å². The summed E-state index contributed by atoms with van der Waals surface area (Å²) in [5.74, 6) is 0.404. The van der Waals surface area contributed by atoms with E-state index in [-0.39, 0.29) is 17.9 Å². The number of hydrogen-bond donors (Lipinski definition) is 1. The van der Waals surface area contributed by atoms with Gasteiger partial charge in [-0.1, -0.05) is 19.1 Å². The highest BCUT2D eigenvalue weighted by molar-refractivity contribution is 6.01. The summed E-state index contributed by atoms with van der Waals surface area (Å²) in [4.78, 5) is 29.9. The van der Waals surface area contributed by atoms with Gasteiger partial charge in [-0.3, -0.25) is 9.59 Å². The number of carbonyl (C=O) groups excluding carboxylic acids is 2. The number of likely N-dealkylation sites (N-methyl/N-ethyl adjacent to an activating group) is 1. The molecular weight excluding hydrogens is 306 g/mol. The summed E-state index contributed by atoms with van der Waals surface area (Å²) in [6.45, 7) is 3.94. The molecule has 0 saturated carbocycles. The number of aryl methyl sites for hydroxylation is 1. The van der Waals surface area contributed by atoms with Crippen LogP contribution in [0.3, 0.4) is 0 Å². The van der Waals surface area contributed by atoms with Gasteiger partial charge in [0.05, 0.1) is 12.5 Å². The Balaban J connectivity index is 1.71. The van der Waals surface area contributed by atoms with Gasteiger partial charge in [-0.15, -0.1) is 0 Å². The minimum atomic E-state index is -0.262. The number of hydrogen-bond acceptors (Lipinski definition) is 4. The van der Waals surface area contributed by atoms with Crippen LogP contribution in [0.1, 0.15) is 53.8 Å². The monoisotopic (exact) mass is 327 g/mol. The zero-order chi connectivity index (χ0) is 17.3. The Kier molecular flexibility index (Phi) is 4.38. The van der Waals surface area contributed by atoms with Crippen LogP contribution in [0.4, 0.5) is 5.69 Å². The van der Waals surface area contributed by atoms with E-state index in [2.05, 4.69) is 10.3 Å². The Morgan fingerprint density at radius 2 is 2.25 bits per heavy atom. The minimum absolute atomic E-state index is 0.0879. The summed E-state index contributed by atoms with van der Waals surface area (Å²) in [7, 11) is 1.78. The van der Waals surface area contributed by atoms with E-state index in [1.54, 1.807) is 11.9 Å². The molecule has 0 radical (unpaired) electrons. The predicted octanol–water partition coefficient (Wildman–Crippen LogP) is 2.64. The van der Waals surface area contributed by atoms with Crippen molar-refractivity contribution in [2.24, 2.45) is 0 Å². The molecule has 1 aliphatic heterocycles. The van der Waals surface area contributed by atoms with Crippen LogP contribution in [0, 0.1) is 0 Å². The Morgan fingerprint density at radius 3 is 3.00 bits per heavy atom. The smallest absolute Gasteiger partial charge is 0.273 e. The zero-order valence-corrected chi connectivity index (χ0v) is 14.1. The lowest BCUT2D eigenvalue weighted by Gasteiger charge is -2.15. The maximum atomic E-state index is 12.3. The van der Waals surface area contributed by atoms with Crippen LogP contribution in [-0.2, 0) is 17.6 Å². The third-order valence-electron chi connectivity index (χ3n) is 4.28. The lowest BCUT2D eigenvalue weighted by molar-refractivity contribution is -0.117. The molecule has 0 fully saturated rings. The van der Waals surface area contributed by atoms with Crippen LogP contribution in [0.5, 0.6) is 0 Å². The average molecular weight is 327 g/mol. The third kappa shape index (κ3) is 3.04. The second-order valence-corrected chi connectivity index (χ2v) is 6.09. The lowest BCUT2D eigenvalue weighted by atomic mass is 10.0. The fraction of sp³-hybridized carbons (Fsp3) is 0.389. The fourth-order valence-corrected chi connectivity index (χ4v) is 2.86. The number of oxazole rings is 1. The molecule has 6 nitrogen and oxygen atoms in total. The maximum Gasteiger partial charge on any atom is 0.273 e. The van der Waals surface area contributed by atoms with Crippen LogP contribution in [0.15, 0.2) is 28.9 Å². The predicted molar refractivity (Wildman–Crippen MR) is 89.9 cm³/mol. The van der Waals surface area contributed by atoms with E-state index in [9.17, 15) is 9.59 Å². The van der Waals surface area contributed by atoms with Crippen molar-refractivity contribution in [3.8, 4) is 0 Å². The van der Waals surface area contributed by atoms with Crippen LogP contribution in [0.2, 0.25) is 0 Å². The summed E-state index contributed by atoms with van der Waals surface area (Å²) in [6.07, 6.45) is 3.43. The van der Waals surface area contributed by atoms with Gasteiger partial charge >= 0.3 is 0 Å². The zero-order valence-electron chi connectivity index (χ0n) is 14.1. The third-order valence-corrected chi connectivity index (χ3v) is 4.28. The Morgan fingerprint density at radius 1 is 1.46 bits per heavy atom. The minimum Gasteiger partial charge on any atom is -0.448 e. The van der Waals surface area contributed by atoms with Crippen LogP contribution in [-0.4, -0.2) is 23.8 Å². The quantitative estimate of drug-likeness (QED) is 0.916. The number of benzene rings is 1. The highest BCUT2D eigenvalue weighted by Crippen LogP contribution is 2.30. The second kappa shape index (κ2) is 6.47. The Hall–Kier alpha value is -2.63. The Labute approximate surface area is 140 Å². The van der Waals surface area contributed by atoms with Gasteiger partial charge in [-0.05, 0) is 30.5 Å². The van der Waals surface area contributed by atoms with E-state index in [1.165, 1.54) is 6.26 Å². The van der Waals surface area contributed by atoms with Gasteiger partial charge in [-0.2, -0.15) is 0 Å². The van der Waals surface area contributed by atoms with E-state index < -0.39 is 0 Å². The molecule has 1 unspecified atom stereocenters. The molecule has 126 valence electrons. The average Bonchev–Trinajstić information content (AvgIpc) is 3.13. The number of fused-ring (bicyclic) bond motifs is 1. The van der Waals surface area contributed by atoms with Gasteiger partial charge in [-0.25, -0.2) is 4.98 Å². The highest BCUT2D eigenvalue weighted by Gasteiger charge is 2.25. The van der Waals surface area contributed by atoms with Crippen molar-refractivity contribution >= 4 is 17.5 Å². The van der Waals surface area contributed by atoms with Crippen molar-refractivity contribution in [2.75, 3.05) is 11.9 Å². The van der Waals surface area contributed by atoms with E-state index in [1.807, 2.05) is 32.0 Å².